The number of rotatable bonds is 4. The summed E-state index contributed by atoms with van der Waals surface area (Å²) in [6.07, 6.45) is 6.60. The zero-order chi connectivity index (χ0) is 27.9. The molecule has 3 heterocycles. The molecule has 1 fully saturated rings. The van der Waals surface area contributed by atoms with Gasteiger partial charge in [0.15, 0.2) is 5.60 Å². The Kier molecular flexibility index (Phi) is 6.97. The topological polar surface area (TPSA) is 108 Å². The fourth-order valence-electron chi connectivity index (χ4n) is 5.37. The molecule has 1 aliphatic heterocycles. The number of hydrogen-bond donors (Lipinski definition) is 1. The minimum Gasteiger partial charge on any atom is -0.428 e. The van der Waals surface area contributed by atoms with Gasteiger partial charge in [-0.3, -0.25) is 9.88 Å². The summed E-state index contributed by atoms with van der Waals surface area (Å²) in [4.78, 5) is 25.7. The fourth-order valence-corrected chi connectivity index (χ4v) is 5.54. The van der Waals surface area contributed by atoms with E-state index in [1.165, 1.54) is 0 Å². The molecule has 0 unspecified atom stereocenters. The number of ether oxygens (including phenoxy) is 1. The number of carbonyl (C=O) groups is 1. The Labute approximate surface area is 232 Å². The first-order valence-electron chi connectivity index (χ1n) is 12.8. The second kappa shape index (κ2) is 10.1. The highest BCUT2D eigenvalue weighted by Crippen LogP contribution is 2.46. The maximum atomic E-state index is 12.7. The lowest BCUT2D eigenvalue weighted by molar-refractivity contribution is 0.0278. The van der Waals surface area contributed by atoms with Crippen LogP contribution >= 0.6 is 11.6 Å². The van der Waals surface area contributed by atoms with Gasteiger partial charge < -0.3 is 19.3 Å². The third-order valence-corrected chi connectivity index (χ3v) is 7.65. The molecule has 39 heavy (non-hydrogen) atoms. The van der Waals surface area contributed by atoms with Crippen LogP contribution in [0.4, 0.5) is 4.79 Å². The highest BCUT2D eigenvalue weighted by molar-refractivity contribution is 6.30. The number of amides is 1. The lowest BCUT2D eigenvalue weighted by atomic mass is 9.84. The first-order valence-corrected chi connectivity index (χ1v) is 13.2. The Morgan fingerprint density at radius 2 is 1.95 bits per heavy atom. The van der Waals surface area contributed by atoms with Gasteiger partial charge in [-0.25, -0.2) is 9.78 Å². The molecule has 5 rings (SSSR count). The molecule has 0 radical (unpaired) electrons. The number of fused-ring (bicyclic) bond motifs is 2. The minimum atomic E-state index is -1.37. The van der Waals surface area contributed by atoms with E-state index in [0.717, 1.165) is 22.4 Å². The van der Waals surface area contributed by atoms with E-state index in [1.807, 2.05) is 54.1 Å². The second-order valence-corrected chi connectivity index (χ2v) is 11.1. The zero-order valence-electron chi connectivity index (χ0n) is 22.4. The van der Waals surface area contributed by atoms with Crippen LogP contribution in [0.2, 0.25) is 5.02 Å². The van der Waals surface area contributed by atoms with Crippen LogP contribution in [0.3, 0.4) is 0 Å². The van der Waals surface area contributed by atoms with Gasteiger partial charge in [0.25, 0.3) is 0 Å². The molecule has 1 amide bonds. The Balaban J connectivity index is 1.55. The molecular weight excluding hydrogens is 516 g/mol. The first kappa shape index (κ1) is 26.9. The predicted molar refractivity (Wildman–Crippen MR) is 148 cm³/mol. The summed E-state index contributed by atoms with van der Waals surface area (Å²) in [7, 11) is 1.85. The van der Waals surface area contributed by atoms with Gasteiger partial charge in [0.1, 0.15) is 11.7 Å². The third-order valence-electron chi connectivity index (χ3n) is 7.42. The molecule has 1 N–H and O–H groups in total. The number of aryl methyl sites for hydroxylation is 1. The van der Waals surface area contributed by atoms with Crippen LogP contribution in [0, 0.1) is 11.3 Å². The maximum Gasteiger partial charge on any atom is 0.411 e. The first-order chi connectivity index (χ1) is 18.5. The summed E-state index contributed by atoms with van der Waals surface area (Å²) >= 11 is 6.53. The third kappa shape index (κ3) is 5.03. The summed E-state index contributed by atoms with van der Waals surface area (Å²) in [6, 6.07) is 11.4. The van der Waals surface area contributed by atoms with E-state index in [4.69, 9.17) is 21.3 Å². The molecule has 1 aliphatic carbocycles. The summed E-state index contributed by atoms with van der Waals surface area (Å²) in [5, 5.41) is 21.8. The number of piperazine rings is 1. The zero-order valence-corrected chi connectivity index (χ0v) is 23.2. The molecule has 0 spiro atoms. The van der Waals surface area contributed by atoms with Crippen molar-refractivity contribution in [3.63, 3.8) is 0 Å². The number of halogens is 1. The van der Waals surface area contributed by atoms with Crippen LogP contribution in [0.25, 0.3) is 11.6 Å². The van der Waals surface area contributed by atoms with Crippen LogP contribution in [0.5, 0.6) is 0 Å². The van der Waals surface area contributed by atoms with Crippen molar-refractivity contribution in [2.75, 3.05) is 26.2 Å². The average molecular weight is 547 g/mol. The molecule has 10 heteroatoms. The quantitative estimate of drug-likeness (QED) is 0.517. The van der Waals surface area contributed by atoms with Crippen molar-refractivity contribution in [1.29, 1.82) is 5.26 Å². The standard InChI is InChI=1S/C29H31ClN6O3/c1-28(2,17-31)39-27(37)36-12-10-35(11-13-36)26-21-8-7-20(30)15-22(21)23(14-19-6-5-9-33-25(19)26)29(3,38)24-16-32-18-34(24)4/h5-9,14-16,18,26,38H,10-13H2,1-4H3/t26-,29-/m0/s1. The highest BCUT2D eigenvalue weighted by atomic mass is 35.5. The van der Waals surface area contributed by atoms with Gasteiger partial charge in [0, 0.05) is 44.4 Å². The molecule has 3 aromatic rings. The van der Waals surface area contributed by atoms with Crippen molar-refractivity contribution >= 4 is 29.3 Å². The SMILES string of the molecule is Cn1cncc1[C@@](C)(O)C1=Cc2cccnc2[C@@H](N2CCN(C(=O)OC(C)(C)C#N)CC2)c2ccc(Cl)cc21. The minimum absolute atomic E-state index is 0.238. The number of nitriles is 1. The number of hydrogen-bond acceptors (Lipinski definition) is 7. The van der Waals surface area contributed by atoms with E-state index >= 15 is 0 Å². The molecule has 2 aliphatic rings. The summed E-state index contributed by atoms with van der Waals surface area (Å²) < 4.78 is 7.20. The van der Waals surface area contributed by atoms with Crippen molar-refractivity contribution in [2.45, 2.75) is 38.0 Å². The van der Waals surface area contributed by atoms with E-state index in [-0.39, 0.29) is 6.04 Å². The molecule has 2 aromatic heterocycles. The van der Waals surface area contributed by atoms with Crippen molar-refractivity contribution in [3.8, 4) is 6.07 Å². The Morgan fingerprint density at radius 3 is 2.62 bits per heavy atom. The van der Waals surface area contributed by atoms with Crippen molar-refractivity contribution in [1.82, 2.24) is 24.3 Å². The molecule has 0 saturated carbocycles. The summed E-state index contributed by atoms with van der Waals surface area (Å²) in [5.41, 5.74) is 2.33. The molecule has 0 bridgehead atoms. The molecule has 2 atom stereocenters. The monoisotopic (exact) mass is 546 g/mol. The summed E-state index contributed by atoms with van der Waals surface area (Å²) in [6.45, 7) is 6.93. The smallest absolute Gasteiger partial charge is 0.411 e. The number of pyridine rings is 1. The van der Waals surface area contributed by atoms with Gasteiger partial charge >= 0.3 is 6.09 Å². The molecule has 1 saturated heterocycles. The van der Waals surface area contributed by atoms with Gasteiger partial charge in [0.05, 0.1) is 30.0 Å². The molecule has 9 nitrogen and oxygen atoms in total. The van der Waals surface area contributed by atoms with E-state index < -0.39 is 17.3 Å². The van der Waals surface area contributed by atoms with E-state index in [1.54, 1.807) is 44.4 Å². The average Bonchev–Trinajstić information content (AvgIpc) is 3.29. The van der Waals surface area contributed by atoms with Crippen molar-refractivity contribution in [2.24, 2.45) is 7.05 Å². The normalized spacial score (nSPS) is 19.2. The molecule has 202 valence electrons. The number of benzene rings is 1. The number of aliphatic hydroxyl groups is 1. The van der Waals surface area contributed by atoms with E-state index in [9.17, 15) is 15.2 Å². The predicted octanol–water partition coefficient (Wildman–Crippen LogP) is 4.38. The number of nitrogens with zero attached hydrogens (tertiary/aromatic N) is 6. The maximum absolute atomic E-state index is 12.7. The van der Waals surface area contributed by atoms with Crippen LogP contribution in [-0.4, -0.2) is 67.3 Å². The van der Waals surface area contributed by atoms with E-state index in [2.05, 4.69) is 9.88 Å². The van der Waals surface area contributed by atoms with Gasteiger partial charge in [-0.2, -0.15) is 5.26 Å². The number of carbonyl (C=O) groups excluding carboxylic acids is 1. The van der Waals surface area contributed by atoms with Crippen LogP contribution in [0.15, 0.2) is 49.1 Å². The molecule has 1 aromatic carbocycles. The lowest BCUT2D eigenvalue weighted by Gasteiger charge is -2.40. The van der Waals surface area contributed by atoms with Crippen molar-refractivity contribution < 1.29 is 14.6 Å². The van der Waals surface area contributed by atoms with Gasteiger partial charge in [-0.1, -0.05) is 23.7 Å². The van der Waals surface area contributed by atoms with Gasteiger partial charge in [0.2, 0.25) is 0 Å². The fraction of sp³-hybridized carbons (Fsp3) is 0.379. The van der Waals surface area contributed by atoms with Crippen LogP contribution in [0.1, 0.15) is 54.9 Å². The number of aromatic nitrogens is 3. The Hall–Kier alpha value is -3.71. The summed E-state index contributed by atoms with van der Waals surface area (Å²) in [5.74, 6) is 0. The van der Waals surface area contributed by atoms with Crippen molar-refractivity contribution in [3.05, 3.63) is 82.2 Å². The van der Waals surface area contributed by atoms with Gasteiger partial charge in [-0.05, 0) is 67.3 Å². The van der Waals surface area contributed by atoms with Gasteiger partial charge in [-0.15, -0.1) is 0 Å². The van der Waals surface area contributed by atoms with Crippen LogP contribution in [-0.2, 0) is 17.4 Å². The van der Waals surface area contributed by atoms with Crippen LogP contribution < -0.4 is 0 Å². The Bertz CT molecular complexity index is 1480. The highest BCUT2D eigenvalue weighted by Gasteiger charge is 2.39. The van der Waals surface area contributed by atoms with E-state index in [0.29, 0.717) is 42.5 Å². The molecular formula is C29H31ClN6O3. The largest absolute Gasteiger partial charge is 0.428 e. The second-order valence-electron chi connectivity index (χ2n) is 10.6. The lowest BCUT2D eigenvalue weighted by Crippen LogP contribution is -2.51. The Morgan fingerprint density at radius 1 is 1.21 bits per heavy atom. The number of imidazole rings is 1.